The molecule has 0 bridgehead atoms. The number of halogens is 1. The molecule has 0 aliphatic carbocycles. The molecule has 0 spiro atoms. The number of anilines is 2. The number of rotatable bonds is 4. The van der Waals surface area contributed by atoms with Crippen molar-refractivity contribution in [2.45, 2.75) is 40.0 Å². The summed E-state index contributed by atoms with van der Waals surface area (Å²) in [5.74, 6) is -1.59. The third-order valence-electron chi connectivity index (χ3n) is 4.27. The van der Waals surface area contributed by atoms with Crippen molar-refractivity contribution in [3.8, 4) is 0 Å². The summed E-state index contributed by atoms with van der Waals surface area (Å²) in [6, 6.07) is 13.4. The Bertz CT molecular complexity index is 806. The van der Waals surface area contributed by atoms with Gasteiger partial charge in [-0.05, 0) is 49.1 Å². The van der Waals surface area contributed by atoms with Crippen molar-refractivity contribution in [3.05, 3.63) is 59.9 Å². The van der Waals surface area contributed by atoms with Crippen molar-refractivity contribution in [1.29, 1.82) is 0 Å². The molecule has 0 aliphatic rings. The van der Waals surface area contributed by atoms with Gasteiger partial charge in [0.1, 0.15) is 11.2 Å². The predicted octanol–water partition coefficient (Wildman–Crippen LogP) is 4.73. The summed E-state index contributed by atoms with van der Waals surface area (Å²) >= 11 is 0. The smallest absolute Gasteiger partial charge is 0.239 e. The first-order chi connectivity index (χ1) is 12.0. The van der Waals surface area contributed by atoms with Gasteiger partial charge in [0, 0.05) is 5.69 Å². The number of hydrogen-bond donors (Lipinski definition) is 2. The fourth-order valence-corrected chi connectivity index (χ4v) is 2.29. The van der Waals surface area contributed by atoms with E-state index in [1.165, 1.54) is 32.0 Å². The summed E-state index contributed by atoms with van der Waals surface area (Å²) in [4.78, 5) is 25.0. The Morgan fingerprint density at radius 1 is 0.808 bits per heavy atom. The Morgan fingerprint density at radius 3 is 1.88 bits per heavy atom. The molecule has 0 atom stereocenters. The van der Waals surface area contributed by atoms with E-state index in [-0.39, 0.29) is 11.1 Å². The van der Waals surface area contributed by atoms with Crippen LogP contribution in [0.3, 0.4) is 0 Å². The molecule has 4 nitrogen and oxygen atoms in total. The molecule has 2 N–H and O–H groups in total. The fraction of sp³-hybridized carbons (Fsp3) is 0.333. The summed E-state index contributed by atoms with van der Waals surface area (Å²) < 4.78 is 13.7. The molecule has 2 rings (SSSR count). The van der Waals surface area contributed by atoms with Crippen molar-refractivity contribution in [3.63, 3.8) is 0 Å². The summed E-state index contributed by atoms with van der Waals surface area (Å²) in [7, 11) is 0. The molecule has 26 heavy (non-hydrogen) atoms. The topological polar surface area (TPSA) is 58.2 Å². The number of benzene rings is 2. The number of para-hydroxylation sites is 1. The molecule has 0 aromatic heterocycles. The van der Waals surface area contributed by atoms with Crippen LogP contribution in [0.5, 0.6) is 0 Å². The number of nitrogens with one attached hydrogen (secondary N) is 2. The van der Waals surface area contributed by atoms with E-state index in [4.69, 9.17) is 0 Å². The quantitative estimate of drug-likeness (QED) is 0.778. The lowest BCUT2D eigenvalue weighted by Gasteiger charge is -2.23. The maximum Gasteiger partial charge on any atom is 0.239 e. The van der Waals surface area contributed by atoms with Gasteiger partial charge < -0.3 is 10.6 Å². The molecule has 2 amide bonds. The highest BCUT2D eigenvalue weighted by Gasteiger charge is 2.36. The Kier molecular flexibility index (Phi) is 5.50. The lowest BCUT2D eigenvalue weighted by Crippen LogP contribution is -2.41. The van der Waals surface area contributed by atoms with Crippen LogP contribution < -0.4 is 10.6 Å². The van der Waals surface area contributed by atoms with Gasteiger partial charge in [0.05, 0.1) is 5.69 Å². The van der Waals surface area contributed by atoms with Crippen LogP contribution in [0.1, 0.15) is 40.2 Å². The molecule has 138 valence electrons. The van der Waals surface area contributed by atoms with Crippen molar-refractivity contribution >= 4 is 23.2 Å². The van der Waals surface area contributed by atoms with Gasteiger partial charge in [-0.25, -0.2) is 4.39 Å². The van der Waals surface area contributed by atoms with Crippen LogP contribution in [-0.2, 0) is 15.0 Å². The fourth-order valence-electron chi connectivity index (χ4n) is 2.29. The first-order valence-electron chi connectivity index (χ1n) is 8.50. The molecule has 0 fully saturated rings. The van der Waals surface area contributed by atoms with Gasteiger partial charge in [0.25, 0.3) is 0 Å². The highest BCUT2D eigenvalue weighted by molar-refractivity contribution is 6.14. The largest absolute Gasteiger partial charge is 0.325 e. The SMILES string of the molecule is CC(C)(C(=O)Nc1ccc(C(C)(C)C)cc1)C(=O)Nc1ccccc1F. The molecule has 0 unspecified atom stereocenters. The van der Waals surface area contributed by atoms with E-state index in [2.05, 4.69) is 31.4 Å². The van der Waals surface area contributed by atoms with Crippen molar-refractivity contribution in [2.24, 2.45) is 5.41 Å². The maximum absolute atomic E-state index is 13.7. The van der Waals surface area contributed by atoms with E-state index in [0.29, 0.717) is 5.69 Å². The van der Waals surface area contributed by atoms with E-state index in [1.807, 2.05) is 24.3 Å². The van der Waals surface area contributed by atoms with Gasteiger partial charge in [0.15, 0.2) is 0 Å². The first kappa shape index (κ1) is 19.6. The molecular formula is C21H25FN2O2. The third kappa shape index (κ3) is 4.48. The lowest BCUT2D eigenvalue weighted by atomic mass is 9.87. The van der Waals surface area contributed by atoms with Crippen LogP contribution in [0, 0.1) is 11.2 Å². The van der Waals surface area contributed by atoms with Gasteiger partial charge in [-0.3, -0.25) is 9.59 Å². The Labute approximate surface area is 153 Å². The Morgan fingerprint density at radius 2 is 1.35 bits per heavy atom. The van der Waals surface area contributed by atoms with Crippen LogP contribution in [0.15, 0.2) is 48.5 Å². The first-order valence-corrected chi connectivity index (χ1v) is 8.50. The second-order valence-electron chi connectivity index (χ2n) is 7.84. The van der Waals surface area contributed by atoms with Crippen LogP contribution in [0.2, 0.25) is 0 Å². The van der Waals surface area contributed by atoms with E-state index in [9.17, 15) is 14.0 Å². The second kappa shape index (κ2) is 7.28. The number of carbonyl (C=O) groups excluding carboxylic acids is 2. The maximum atomic E-state index is 13.7. The third-order valence-corrected chi connectivity index (χ3v) is 4.27. The molecule has 0 saturated heterocycles. The molecule has 0 saturated carbocycles. The van der Waals surface area contributed by atoms with Gasteiger partial charge in [-0.15, -0.1) is 0 Å². The number of hydrogen-bond acceptors (Lipinski definition) is 2. The van der Waals surface area contributed by atoms with Crippen LogP contribution in [0.4, 0.5) is 15.8 Å². The molecule has 0 aliphatic heterocycles. The van der Waals surface area contributed by atoms with Crippen molar-refractivity contribution in [1.82, 2.24) is 0 Å². The second-order valence-corrected chi connectivity index (χ2v) is 7.84. The van der Waals surface area contributed by atoms with Crippen molar-refractivity contribution in [2.75, 3.05) is 10.6 Å². The minimum Gasteiger partial charge on any atom is -0.325 e. The Balaban J connectivity index is 2.09. The summed E-state index contributed by atoms with van der Waals surface area (Å²) in [6.07, 6.45) is 0. The summed E-state index contributed by atoms with van der Waals surface area (Å²) in [5.41, 5.74) is 0.446. The predicted molar refractivity (Wildman–Crippen MR) is 103 cm³/mol. The number of amides is 2. The zero-order valence-corrected chi connectivity index (χ0v) is 15.8. The summed E-state index contributed by atoms with van der Waals surface area (Å²) in [6.45, 7) is 9.33. The molecule has 2 aromatic carbocycles. The molecule has 5 heteroatoms. The van der Waals surface area contributed by atoms with Crippen molar-refractivity contribution < 1.29 is 14.0 Å². The summed E-state index contributed by atoms with van der Waals surface area (Å²) in [5, 5.41) is 5.22. The highest BCUT2D eigenvalue weighted by Crippen LogP contribution is 2.26. The zero-order chi connectivity index (χ0) is 19.5. The normalized spacial score (nSPS) is 11.8. The average molecular weight is 356 g/mol. The minimum absolute atomic E-state index is 0.0153. The van der Waals surface area contributed by atoms with E-state index >= 15 is 0 Å². The molecule has 0 radical (unpaired) electrons. The molecule has 0 heterocycles. The Hall–Kier alpha value is -2.69. The highest BCUT2D eigenvalue weighted by atomic mass is 19.1. The average Bonchev–Trinajstić information content (AvgIpc) is 2.56. The van der Waals surface area contributed by atoms with E-state index < -0.39 is 23.0 Å². The zero-order valence-electron chi connectivity index (χ0n) is 15.8. The number of carbonyl (C=O) groups is 2. The molecular weight excluding hydrogens is 331 g/mol. The van der Waals surface area contributed by atoms with Crippen LogP contribution in [-0.4, -0.2) is 11.8 Å². The monoisotopic (exact) mass is 356 g/mol. The van der Waals surface area contributed by atoms with Crippen LogP contribution in [0.25, 0.3) is 0 Å². The lowest BCUT2D eigenvalue weighted by molar-refractivity contribution is -0.135. The van der Waals surface area contributed by atoms with Gasteiger partial charge in [-0.2, -0.15) is 0 Å². The molecule has 2 aromatic rings. The van der Waals surface area contributed by atoms with Gasteiger partial charge in [-0.1, -0.05) is 45.0 Å². The van der Waals surface area contributed by atoms with E-state index in [1.54, 1.807) is 6.07 Å². The van der Waals surface area contributed by atoms with Gasteiger partial charge in [0.2, 0.25) is 11.8 Å². The minimum atomic E-state index is -1.37. The van der Waals surface area contributed by atoms with Crippen LogP contribution >= 0.6 is 0 Å². The van der Waals surface area contributed by atoms with E-state index in [0.717, 1.165) is 5.56 Å². The standard InChI is InChI=1S/C21H25FN2O2/c1-20(2,3)14-10-12-15(13-11-14)23-18(25)21(4,5)19(26)24-17-9-7-6-8-16(17)22/h6-13H,1-5H3,(H,23,25)(H,24,26). The van der Waals surface area contributed by atoms with Gasteiger partial charge >= 0.3 is 0 Å².